The van der Waals surface area contributed by atoms with Crippen LogP contribution in [0.2, 0.25) is 0 Å². The monoisotopic (exact) mass is 353 g/mol. The van der Waals surface area contributed by atoms with Gasteiger partial charge in [-0.25, -0.2) is 4.39 Å². The minimum Gasteiger partial charge on any atom is -0.456 e. The molecule has 0 fully saturated rings. The molecule has 0 saturated carbocycles. The van der Waals surface area contributed by atoms with Crippen molar-refractivity contribution in [3.05, 3.63) is 96.8 Å². The highest BCUT2D eigenvalue weighted by molar-refractivity contribution is 6.06. The predicted octanol–water partition coefficient (Wildman–Crippen LogP) is 7.14. The molecule has 0 spiro atoms. The van der Waals surface area contributed by atoms with Gasteiger partial charge in [0.1, 0.15) is 17.0 Å². The number of rotatable bonds is 3. The lowest BCUT2D eigenvalue weighted by molar-refractivity contribution is 0.631. The molecule has 0 atom stereocenters. The van der Waals surface area contributed by atoms with Crippen molar-refractivity contribution in [3.63, 3.8) is 0 Å². The van der Waals surface area contributed by atoms with Gasteiger partial charge in [0.05, 0.1) is 0 Å². The number of halogens is 1. The number of fused-ring (bicyclic) bond motifs is 3. The van der Waals surface area contributed by atoms with Crippen LogP contribution in [0.1, 0.15) is 0 Å². The summed E-state index contributed by atoms with van der Waals surface area (Å²) < 4.78 is 20.0. The second-order valence-corrected chi connectivity index (χ2v) is 6.49. The lowest BCUT2D eigenvalue weighted by Crippen LogP contribution is -1.91. The summed E-state index contributed by atoms with van der Waals surface area (Å²) in [4.78, 5) is 0. The Kier molecular flexibility index (Phi) is 3.65. The molecule has 0 amide bonds. The van der Waals surface area contributed by atoms with Gasteiger partial charge in [-0.15, -0.1) is 0 Å². The summed E-state index contributed by atoms with van der Waals surface area (Å²) in [5, 5.41) is 5.58. The van der Waals surface area contributed by atoms with Gasteiger partial charge in [-0.05, 0) is 48.0 Å². The summed E-state index contributed by atoms with van der Waals surface area (Å²) in [5.41, 5.74) is 5.04. The lowest BCUT2D eigenvalue weighted by atomic mass is 10.0. The second kappa shape index (κ2) is 6.29. The fourth-order valence-electron chi connectivity index (χ4n) is 3.43. The number of para-hydroxylation sites is 1. The molecule has 5 rings (SSSR count). The predicted molar refractivity (Wildman–Crippen MR) is 109 cm³/mol. The van der Waals surface area contributed by atoms with E-state index in [-0.39, 0.29) is 5.82 Å². The number of hydrogen-bond acceptors (Lipinski definition) is 2. The molecule has 27 heavy (non-hydrogen) atoms. The topological polar surface area (TPSA) is 25.2 Å². The van der Waals surface area contributed by atoms with Gasteiger partial charge >= 0.3 is 0 Å². The molecule has 0 aliphatic heterocycles. The number of anilines is 2. The van der Waals surface area contributed by atoms with Crippen LogP contribution in [-0.2, 0) is 0 Å². The molecule has 1 N–H and O–H groups in total. The van der Waals surface area contributed by atoms with E-state index in [1.165, 1.54) is 6.07 Å². The van der Waals surface area contributed by atoms with Gasteiger partial charge < -0.3 is 9.73 Å². The van der Waals surface area contributed by atoms with Crippen molar-refractivity contribution in [2.45, 2.75) is 0 Å². The largest absolute Gasteiger partial charge is 0.456 e. The van der Waals surface area contributed by atoms with Crippen LogP contribution in [0.4, 0.5) is 15.8 Å². The van der Waals surface area contributed by atoms with Crippen LogP contribution < -0.4 is 5.32 Å². The van der Waals surface area contributed by atoms with E-state index in [2.05, 4.69) is 17.4 Å². The summed E-state index contributed by atoms with van der Waals surface area (Å²) in [6.45, 7) is 0. The van der Waals surface area contributed by atoms with E-state index in [1.807, 2.05) is 60.7 Å². The normalized spacial score (nSPS) is 11.1. The van der Waals surface area contributed by atoms with Gasteiger partial charge in [-0.3, -0.25) is 0 Å². The molecule has 0 bridgehead atoms. The zero-order valence-corrected chi connectivity index (χ0v) is 14.4. The molecule has 3 heteroatoms. The van der Waals surface area contributed by atoms with Gasteiger partial charge in [0.2, 0.25) is 0 Å². The van der Waals surface area contributed by atoms with Gasteiger partial charge in [-0.2, -0.15) is 0 Å². The van der Waals surface area contributed by atoms with Crippen molar-refractivity contribution in [2.24, 2.45) is 0 Å². The van der Waals surface area contributed by atoms with E-state index < -0.39 is 0 Å². The Labute approximate surface area is 155 Å². The molecule has 4 aromatic carbocycles. The summed E-state index contributed by atoms with van der Waals surface area (Å²) in [6, 6.07) is 28.6. The minimum absolute atomic E-state index is 0.221. The molecular formula is C24H16FNO. The standard InChI is InChI=1S/C24H16FNO/c25-22-10-3-1-8-19(22)16-6-5-7-17(14-16)26-18-12-13-24-21(15-18)20-9-2-4-11-23(20)27-24/h1-15,26H. The Hall–Kier alpha value is -3.59. The number of benzene rings is 4. The Morgan fingerprint density at radius 1 is 0.630 bits per heavy atom. The Balaban J connectivity index is 1.53. The van der Waals surface area contributed by atoms with Gasteiger partial charge in [-0.1, -0.05) is 48.5 Å². The van der Waals surface area contributed by atoms with Crippen LogP contribution in [-0.4, -0.2) is 0 Å². The van der Waals surface area contributed by atoms with Crippen LogP contribution in [0.5, 0.6) is 0 Å². The first kappa shape index (κ1) is 15.6. The molecule has 1 aromatic heterocycles. The van der Waals surface area contributed by atoms with Crippen molar-refractivity contribution in [3.8, 4) is 11.1 Å². The third-order valence-electron chi connectivity index (χ3n) is 4.71. The van der Waals surface area contributed by atoms with Crippen LogP contribution in [0, 0.1) is 5.82 Å². The maximum Gasteiger partial charge on any atom is 0.135 e. The van der Waals surface area contributed by atoms with E-state index in [0.717, 1.165) is 38.9 Å². The molecule has 0 aliphatic carbocycles. The third kappa shape index (κ3) is 2.83. The molecule has 0 unspecified atom stereocenters. The first-order chi connectivity index (χ1) is 13.3. The Morgan fingerprint density at radius 3 is 2.33 bits per heavy atom. The van der Waals surface area contributed by atoms with Gasteiger partial charge in [0.25, 0.3) is 0 Å². The smallest absolute Gasteiger partial charge is 0.135 e. The average Bonchev–Trinajstić information content (AvgIpc) is 3.07. The average molecular weight is 353 g/mol. The summed E-state index contributed by atoms with van der Waals surface area (Å²) in [7, 11) is 0. The van der Waals surface area contributed by atoms with Crippen LogP contribution >= 0.6 is 0 Å². The van der Waals surface area contributed by atoms with E-state index in [9.17, 15) is 4.39 Å². The maximum absolute atomic E-state index is 14.1. The molecule has 1 heterocycles. The lowest BCUT2D eigenvalue weighted by Gasteiger charge is -2.09. The van der Waals surface area contributed by atoms with E-state index in [0.29, 0.717) is 5.56 Å². The van der Waals surface area contributed by atoms with Crippen molar-refractivity contribution in [1.29, 1.82) is 0 Å². The highest BCUT2D eigenvalue weighted by Gasteiger charge is 2.08. The Bertz CT molecular complexity index is 1270. The van der Waals surface area contributed by atoms with Crippen molar-refractivity contribution >= 4 is 33.3 Å². The van der Waals surface area contributed by atoms with E-state index >= 15 is 0 Å². The van der Waals surface area contributed by atoms with Crippen LogP contribution in [0.25, 0.3) is 33.1 Å². The van der Waals surface area contributed by atoms with Gasteiger partial charge in [0.15, 0.2) is 0 Å². The molecular weight excluding hydrogens is 337 g/mol. The fourth-order valence-corrected chi connectivity index (χ4v) is 3.43. The van der Waals surface area contributed by atoms with Crippen LogP contribution in [0.15, 0.2) is 95.4 Å². The van der Waals surface area contributed by atoms with Crippen molar-refractivity contribution in [2.75, 3.05) is 5.32 Å². The SMILES string of the molecule is Fc1ccccc1-c1cccc(Nc2ccc3oc4ccccc4c3c2)c1. The van der Waals surface area contributed by atoms with Crippen LogP contribution in [0.3, 0.4) is 0 Å². The molecule has 0 saturated heterocycles. The molecule has 0 aliphatic rings. The molecule has 130 valence electrons. The Morgan fingerprint density at radius 2 is 1.41 bits per heavy atom. The fraction of sp³-hybridized carbons (Fsp3) is 0. The zero-order chi connectivity index (χ0) is 18.2. The highest BCUT2D eigenvalue weighted by Crippen LogP contribution is 2.32. The second-order valence-electron chi connectivity index (χ2n) is 6.49. The van der Waals surface area contributed by atoms with Crippen molar-refractivity contribution < 1.29 is 8.81 Å². The first-order valence-electron chi connectivity index (χ1n) is 8.81. The molecule has 5 aromatic rings. The summed E-state index contributed by atoms with van der Waals surface area (Å²) >= 11 is 0. The first-order valence-corrected chi connectivity index (χ1v) is 8.81. The molecule has 2 nitrogen and oxygen atoms in total. The number of hydrogen-bond donors (Lipinski definition) is 1. The van der Waals surface area contributed by atoms with E-state index in [4.69, 9.17) is 4.42 Å². The molecule has 0 radical (unpaired) electrons. The van der Waals surface area contributed by atoms with Crippen molar-refractivity contribution in [1.82, 2.24) is 0 Å². The highest BCUT2D eigenvalue weighted by atomic mass is 19.1. The van der Waals surface area contributed by atoms with E-state index in [1.54, 1.807) is 12.1 Å². The quantitative estimate of drug-likeness (QED) is 0.373. The van der Waals surface area contributed by atoms with Gasteiger partial charge in [0, 0.05) is 27.7 Å². The number of furan rings is 1. The third-order valence-corrected chi connectivity index (χ3v) is 4.71. The zero-order valence-electron chi connectivity index (χ0n) is 14.4. The minimum atomic E-state index is -0.221. The number of nitrogens with one attached hydrogen (secondary N) is 1. The summed E-state index contributed by atoms with van der Waals surface area (Å²) in [6.07, 6.45) is 0. The maximum atomic E-state index is 14.1. The summed E-state index contributed by atoms with van der Waals surface area (Å²) in [5.74, 6) is -0.221.